The highest BCUT2D eigenvalue weighted by Crippen LogP contribution is 2.18. The molecule has 66 valence electrons. The van der Waals surface area contributed by atoms with Crippen molar-refractivity contribution in [2.75, 3.05) is 6.54 Å². The Balaban J connectivity index is 2.78. The number of hydrogen-bond donors (Lipinski definition) is 1. The van der Waals surface area contributed by atoms with Crippen LogP contribution < -0.4 is 5.32 Å². The Morgan fingerprint density at radius 3 is 2.83 bits per heavy atom. The van der Waals surface area contributed by atoms with Gasteiger partial charge in [-0.3, -0.25) is 0 Å². The molecule has 0 spiro atoms. The van der Waals surface area contributed by atoms with Gasteiger partial charge in [-0.05, 0) is 30.7 Å². The number of halogens is 1. The number of nitrogens with one attached hydrogen (secondary N) is 1. The summed E-state index contributed by atoms with van der Waals surface area (Å²) in [5.74, 6) is 0. The predicted molar refractivity (Wildman–Crippen MR) is 53.6 cm³/mol. The van der Waals surface area contributed by atoms with E-state index in [0.717, 1.165) is 18.1 Å². The maximum atomic E-state index is 5.96. The Morgan fingerprint density at radius 1 is 1.42 bits per heavy atom. The Morgan fingerprint density at radius 2 is 2.17 bits per heavy atom. The largest absolute Gasteiger partial charge is 0.313 e. The minimum Gasteiger partial charge on any atom is -0.313 e. The summed E-state index contributed by atoms with van der Waals surface area (Å²) in [5, 5.41) is 4.13. The van der Waals surface area contributed by atoms with E-state index in [2.05, 4.69) is 25.2 Å². The molecule has 0 radical (unpaired) electrons. The molecule has 1 nitrogen and oxygen atoms in total. The van der Waals surface area contributed by atoms with Gasteiger partial charge in [0.25, 0.3) is 0 Å². The molecule has 0 bridgehead atoms. The lowest BCUT2D eigenvalue weighted by atomic mass is 10.1. The van der Waals surface area contributed by atoms with Gasteiger partial charge in [-0.1, -0.05) is 30.7 Å². The highest BCUT2D eigenvalue weighted by atomic mass is 35.5. The summed E-state index contributed by atoms with van der Waals surface area (Å²) >= 11 is 5.96. The summed E-state index contributed by atoms with van der Waals surface area (Å²) in [5.41, 5.74) is 2.46. The lowest BCUT2D eigenvalue weighted by molar-refractivity contribution is 0.723. The zero-order chi connectivity index (χ0) is 8.97. The van der Waals surface area contributed by atoms with Gasteiger partial charge in [0.05, 0.1) is 0 Å². The summed E-state index contributed by atoms with van der Waals surface area (Å²) in [6, 6.07) is 6.01. The molecule has 1 aromatic rings. The SMILES string of the molecule is CCNCc1cccc(Cl)c1C. The van der Waals surface area contributed by atoms with Crippen LogP contribution >= 0.6 is 11.6 Å². The van der Waals surface area contributed by atoms with Crippen molar-refractivity contribution in [3.05, 3.63) is 34.3 Å². The van der Waals surface area contributed by atoms with E-state index < -0.39 is 0 Å². The van der Waals surface area contributed by atoms with E-state index in [-0.39, 0.29) is 0 Å². The summed E-state index contributed by atoms with van der Waals surface area (Å²) in [6.45, 7) is 6.05. The third-order valence-electron chi connectivity index (χ3n) is 1.95. The molecule has 2 heteroatoms. The van der Waals surface area contributed by atoms with Crippen molar-refractivity contribution in [3.8, 4) is 0 Å². The van der Waals surface area contributed by atoms with E-state index in [4.69, 9.17) is 11.6 Å². The Bertz CT molecular complexity index is 258. The first-order chi connectivity index (χ1) is 5.75. The van der Waals surface area contributed by atoms with Crippen LogP contribution in [0.5, 0.6) is 0 Å². The minimum absolute atomic E-state index is 0.852. The monoisotopic (exact) mass is 183 g/mol. The number of benzene rings is 1. The summed E-state index contributed by atoms with van der Waals surface area (Å²) in [7, 11) is 0. The zero-order valence-corrected chi connectivity index (χ0v) is 8.28. The second-order valence-electron chi connectivity index (χ2n) is 2.80. The molecular weight excluding hydrogens is 170 g/mol. The molecule has 0 aliphatic rings. The van der Waals surface area contributed by atoms with Gasteiger partial charge in [-0.25, -0.2) is 0 Å². The Labute approximate surface area is 78.7 Å². The molecule has 0 atom stereocenters. The second-order valence-corrected chi connectivity index (χ2v) is 3.21. The highest BCUT2D eigenvalue weighted by molar-refractivity contribution is 6.31. The van der Waals surface area contributed by atoms with E-state index in [1.165, 1.54) is 11.1 Å². The van der Waals surface area contributed by atoms with Gasteiger partial charge in [0.15, 0.2) is 0 Å². The van der Waals surface area contributed by atoms with Crippen LogP contribution in [0.1, 0.15) is 18.1 Å². The maximum Gasteiger partial charge on any atom is 0.0438 e. The van der Waals surface area contributed by atoms with Crippen LogP contribution in [0.2, 0.25) is 5.02 Å². The van der Waals surface area contributed by atoms with Gasteiger partial charge in [0, 0.05) is 11.6 Å². The van der Waals surface area contributed by atoms with Crippen LogP contribution in [0, 0.1) is 6.92 Å². The molecule has 0 aliphatic heterocycles. The van der Waals surface area contributed by atoms with Crippen molar-refractivity contribution in [1.82, 2.24) is 5.32 Å². The first-order valence-corrected chi connectivity index (χ1v) is 4.58. The van der Waals surface area contributed by atoms with Crippen molar-refractivity contribution in [3.63, 3.8) is 0 Å². The fourth-order valence-electron chi connectivity index (χ4n) is 1.10. The summed E-state index contributed by atoms with van der Waals surface area (Å²) in [6.07, 6.45) is 0. The normalized spacial score (nSPS) is 10.2. The molecule has 0 aromatic heterocycles. The molecule has 1 rings (SSSR count). The molecule has 1 N–H and O–H groups in total. The molecule has 0 heterocycles. The van der Waals surface area contributed by atoms with Crippen LogP contribution in [-0.4, -0.2) is 6.54 Å². The molecule has 1 aromatic carbocycles. The highest BCUT2D eigenvalue weighted by Gasteiger charge is 1.99. The molecule has 12 heavy (non-hydrogen) atoms. The third kappa shape index (κ3) is 2.23. The zero-order valence-electron chi connectivity index (χ0n) is 7.52. The van der Waals surface area contributed by atoms with Crippen LogP contribution in [0.15, 0.2) is 18.2 Å². The first-order valence-electron chi connectivity index (χ1n) is 4.20. The van der Waals surface area contributed by atoms with Crippen LogP contribution in [0.25, 0.3) is 0 Å². The van der Waals surface area contributed by atoms with E-state index in [9.17, 15) is 0 Å². The lowest BCUT2D eigenvalue weighted by Gasteiger charge is -2.06. The van der Waals surface area contributed by atoms with Crippen LogP contribution in [-0.2, 0) is 6.54 Å². The van der Waals surface area contributed by atoms with E-state index in [1.807, 2.05) is 12.1 Å². The topological polar surface area (TPSA) is 12.0 Å². The van der Waals surface area contributed by atoms with E-state index in [0.29, 0.717) is 0 Å². The smallest absolute Gasteiger partial charge is 0.0438 e. The number of rotatable bonds is 3. The van der Waals surface area contributed by atoms with Gasteiger partial charge in [0.2, 0.25) is 0 Å². The molecule has 0 fully saturated rings. The average molecular weight is 184 g/mol. The summed E-state index contributed by atoms with van der Waals surface area (Å²) in [4.78, 5) is 0. The average Bonchev–Trinajstić information content (AvgIpc) is 2.08. The number of hydrogen-bond acceptors (Lipinski definition) is 1. The lowest BCUT2D eigenvalue weighted by Crippen LogP contribution is -2.12. The Hall–Kier alpha value is -0.530. The molecule has 0 unspecified atom stereocenters. The van der Waals surface area contributed by atoms with Crippen LogP contribution in [0.4, 0.5) is 0 Å². The predicted octanol–water partition coefficient (Wildman–Crippen LogP) is 2.76. The maximum absolute atomic E-state index is 5.96. The minimum atomic E-state index is 0.852. The fraction of sp³-hybridized carbons (Fsp3) is 0.400. The van der Waals surface area contributed by atoms with Gasteiger partial charge in [-0.15, -0.1) is 0 Å². The van der Waals surface area contributed by atoms with Crippen molar-refractivity contribution in [1.29, 1.82) is 0 Å². The molecule has 0 aliphatic carbocycles. The van der Waals surface area contributed by atoms with Crippen LogP contribution in [0.3, 0.4) is 0 Å². The van der Waals surface area contributed by atoms with Crippen molar-refractivity contribution in [2.45, 2.75) is 20.4 Å². The Kier molecular flexibility index (Phi) is 3.57. The van der Waals surface area contributed by atoms with Gasteiger partial charge < -0.3 is 5.32 Å². The quantitative estimate of drug-likeness (QED) is 0.760. The molecular formula is C10H14ClN. The van der Waals surface area contributed by atoms with Crippen molar-refractivity contribution >= 4 is 11.6 Å². The molecule has 0 saturated heterocycles. The van der Waals surface area contributed by atoms with Crippen molar-refractivity contribution in [2.24, 2.45) is 0 Å². The van der Waals surface area contributed by atoms with Gasteiger partial charge in [-0.2, -0.15) is 0 Å². The van der Waals surface area contributed by atoms with Gasteiger partial charge >= 0.3 is 0 Å². The summed E-state index contributed by atoms with van der Waals surface area (Å²) < 4.78 is 0. The standard InChI is InChI=1S/C10H14ClN/c1-3-12-7-9-5-4-6-10(11)8(9)2/h4-6,12H,3,7H2,1-2H3. The third-order valence-corrected chi connectivity index (χ3v) is 2.35. The first kappa shape index (κ1) is 9.56. The van der Waals surface area contributed by atoms with E-state index >= 15 is 0 Å². The van der Waals surface area contributed by atoms with E-state index in [1.54, 1.807) is 0 Å². The molecule has 0 amide bonds. The second kappa shape index (κ2) is 4.48. The molecule has 0 saturated carbocycles. The fourth-order valence-corrected chi connectivity index (χ4v) is 1.30. The van der Waals surface area contributed by atoms with Crippen molar-refractivity contribution < 1.29 is 0 Å². The van der Waals surface area contributed by atoms with Gasteiger partial charge in [0.1, 0.15) is 0 Å².